The molecule has 0 saturated carbocycles. The standard InChI is InChI=1S/C22H22N2O2/c1-3-12-22(2)13-19(24-21(22)25)15-26-20-10-8-18(9-11-20)17-6-4-16(14-23)5-7-17/h3-11,19H,1,12-13,15H2,2H3,(H,24,25)/t19-,22+/m0/s1. The van der Waals surface area contributed by atoms with Gasteiger partial charge in [0.05, 0.1) is 23.1 Å². The van der Waals surface area contributed by atoms with Gasteiger partial charge in [-0.05, 0) is 48.2 Å². The van der Waals surface area contributed by atoms with Gasteiger partial charge in [-0.15, -0.1) is 6.58 Å². The number of amides is 1. The number of carbonyl (C=O) groups excluding carboxylic acids is 1. The van der Waals surface area contributed by atoms with E-state index in [1.807, 2.05) is 55.5 Å². The monoisotopic (exact) mass is 346 g/mol. The van der Waals surface area contributed by atoms with Gasteiger partial charge < -0.3 is 10.1 Å². The largest absolute Gasteiger partial charge is 0.491 e. The average Bonchev–Trinajstić information content (AvgIpc) is 2.94. The van der Waals surface area contributed by atoms with Crippen molar-refractivity contribution >= 4 is 5.91 Å². The van der Waals surface area contributed by atoms with Crippen molar-refractivity contribution in [1.82, 2.24) is 5.32 Å². The lowest BCUT2D eigenvalue weighted by Crippen LogP contribution is -2.32. The third-order valence-electron chi connectivity index (χ3n) is 4.83. The van der Waals surface area contributed by atoms with Crippen molar-refractivity contribution in [3.63, 3.8) is 0 Å². The maximum absolute atomic E-state index is 12.1. The van der Waals surface area contributed by atoms with Crippen molar-refractivity contribution in [3.05, 3.63) is 66.7 Å². The Kier molecular flexibility index (Phi) is 5.09. The first-order valence-corrected chi connectivity index (χ1v) is 8.69. The average molecular weight is 346 g/mol. The van der Waals surface area contributed by atoms with Gasteiger partial charge in [0.1, 0.15) is 12.4 Å². The summed E-state index contributed by atoms with van der Waals surface area (Å²) in [6.45, 7) is 6.16. The number of benzene rings is 2. The first-order chi connectivity index (χ1) is 12.5. The number of nitrogens with zero attached hydrogens (tertiary/aromatic N) is 1. The Morgan fingerprint density at radius 3 is 2.42 bits per heavy atom. The molecule has 0 aromatic heterocycles. The predicted octanol–water partition coefficient (Wildman–Crippen LogP) is 4.07. The van der Waals surface area contributed by atoms with E-state index in [1.54, 1.807) is 6.08 Å². The zero-order valence-corrected chi connectivity index (χ0v) is 14.9. The molecule has 1 heterocycles. The molecule has 4 heteroatoms. The first kappa shape index (κ1) is 17.8. The summed E-state index contributed by atoms with van der Waals surface area (Å²) in [5.41, 5.74) is 2.39. The van der Waals surface area contributed by atoms with E-state index in [0.717, 1.165) is 23.3 Å². The first-order valence-electron chi connectivity index (χ1n) is 8.69. The van der Waals surface area contributed by atoms with Gasteiger partial charge >= 0.3 is 0 Å². The summed E-state index contributed by atoms with van der Waals surface area (Å²) in [6.07, 6.45) is 3.22. The second kappa shape index (κ2) is 7.45. The van der Waals surface area contributed by atoms with Crippen LogP contribution < -0.4 is 10.1 Å². The van der Waals surface area contributed by atoms with Gasteiger partial charge in [0.15, 0.2) is 0 Å². The Hall–Kier alpha value is -3.06. The molecule has 0 radical (unpaired) electrons. The molecule has 0 aliphatic carbocycles. The zero-order chi connectivity index (χ0) is 18.6. The SMILES string of the molecule is C=CC[C@]1(C)C[C@@H](COc2ccc(-c3ccc(C#N)cc3)cc2)NC1=O. The second-order valence-corrected chi connectivity index (χ2v) is 6.95. The van der Waals surface area contributed by atoms with Crippen LogP contribution in [0, 0.1) is 16.7 Å². The Morgan fingerprint density at radius 1 is 1.23 bits per heavy atom. The van der Waals surface area contributed by atoms with E-state index >= 15 is 0 Å². The lowest BCUT2D eigenvalue weighted by molar-refractivity contribution is -0.126. The summed E-state index contributed by atoms with van der Waals surface area (Å²) in [4.78, 5) is 12.1. The second-order valence-electron chi connectivity index (χ2n) is 6.95. The van der Waals surface area contributed by atoms with Crippen molar-refractivity contribution in [2.45, 2.75) is 25.8 Å². The molecule has 1 N–H and O–H groups in total. The summed E-state index contributed by atoms with van der Waals surface area (Å²) < 4.78 is 5.85. The number of hydrogen-bond donors (Lipinski definition) is 1. The lowest BCUT2D eigenvalue weighted by Gasteiger charge is -2.18. The van der Waals surface area contributed by atoms with Crippen LogP contribution in [0.2, 0.25) is 0 Å². The fourth-order valence-corrected chi connectivity index (χ4v) is 3.32. The minimum atomic E-state index is -0.380. The molecule has 2 atom stereocenters. The third kappa shape index (κ3) is 3.78. The van der Waals surface area contributed by atoms with Crippen molar-refractivity contribution in [1.29, 1.82) is 5.26 Å². The summed E-state index contributed by atoms with van der Waals surface area (Å²) >= 11 is 0. The molecule has 0 spiro atoms. The van der Waals surface area contributed by atoms with E-state index < -0.39 is 0 Å². The van der Waals surface area contributed by atoms with Gasteiger partial charge in [-0.1, -0.05) is 37.3 Å². The molecule has 1 aliphatic rings. The number of rotatable bonds is 6. The van der Waals surface area contributed by atoms with E-state index in [-0.39, 0.29) is 17.4 Å². The van der Waals surface area contributed by atoms with Crippen LogP contribution in [0.5, 0.6) is 5.75 Å². The predicted molar refractivity (Wildman–Crippen MR) is 102 cm³/mol. The normalized spacial score (nSPS) is 21.7. The van der Waals surface area contributed by atoms with Gasteiger partial charge in [0.25, 0.3) is 0 Å². The Bertz CT molecular complexity index is 834. The Balaban J connectivity index is 1.59. The minimum absolute atomic E-state index is 0.0191. The molecule has 4 nitrogen and oxygen atoms in total. The summed E-state index contributed by atoms with van der Waals surface area (Å²) in [6, 6.07) is 17.5. The Morgan fingerprint density at radius 2 is 1.85 bits per heavy atom. The number of hydrogen-bond acceptors (Lipinski definition) is 3. The molecule has 1 fully saturated rings. The van der Waals surface area contributed by atoms with Crippen LogP contribution in [-0.4, -0.2) is 18.6 Å². The third-order valence-corrected chi connectivity index (χ3v) is 4.83. The van der Waals surface area contributed by atoms with Gasteiger partial charge in [0, 0.05) is 0 Å². The van der Waals surface area contributed by atoms with Crippen LogP contribution in [0.1, 0.15) is 25.3 Å². The van der Waals surface area contributed by atoms with E-state index in [0.29, 0.717) is 18.6 Å². The Labute approximate surface area is 154 Å². The number of carbonyl (C=O) groups is 1. The van der Waals surface area contributed by atoms with Gasteiger partial charge in [-0.25, -0.2) is 0 Å². The summed E-state index contributed by atoms with van der Waals surface area (Å²) in [7, 11) is 0. The van der Waals surface area contributed by atoms with E-state index in [9.17, 15) is 4.79 Å². The zero-order valence-electron chi connectivity index (χ0n) is 14.9. The molecule has 1 amide bonds. The summed E-state index contributed by atoms with van der Waals surface area (Å²) in [5.74, 6) is 0.844. The number of nitriles is 1. The highest BCUT2D eigenvalue weighted by molar-refractivity contribution is 5.85. The molecule has 0 unspecified atom stereocenters. The topological polar surface area (TPSA) is 62.1 Å². The number of nitrogens with one attached hydrogen (secondary N) is 1. The van der Waals surface area contributed by atoms with Crippen LogP contribution in [0.4, 0.5) is 0 Å². The number of ether oxygens (including phenoxy) is 1. The molecule has 132 valence electrons. The van der Waals surface area contributed by atoms with Crippen molar-refractivity contribution in [2.24, 2.45) is 5.41 Å². The van der Waals surface area contributed by atoms with E-state index in [1.165, 1.54) is 0 Å². The fourth-order valence-electron chi connectivity index (χ4n) is 3.32. The van der Waals surface area contributed by atoms with Crippen LogP contribution in [0.15, 0.2) is 61.2 Å². The van der Waals surface area contributed by atoms with Crippen LogP contribution >= 0.6 is 0 Å². The molecule has 1 saturated heterocycles. The highest BCUT2D eigenvalue weighted by Crippen LogP contribution is 2.33. The highest BCUT2D eigenvalue weighted by Gasteiger charge is 2.41. The fraction of sp³-hybridized carbons (Fsp3) is 0.273. The quantitative estimate of drug-likeness (QED) is 0.802. The van der Waals surface area contributed by atoms with Gasteiger partial charge in [-0.2, -0.15) is 5.26 Å². The highest BCUT2D eigenvalue weighted by atomic mass is 16.5. The molecule has 26 heavy (non-hydrogen) atoms. The molecule has 1 aliphatic heterocycles. The van der Waals surface area contributed by atoms with E-state index in [4.69, 9.17) is 10.00 Å². The van der Waals surface area contributed by atoms with Crippen LogP contribution in [-0.2, 0) is 4.79 Å². The van der Waals surface area contributed by atoms with E-state index in [2.05, 4.69) is 18.0 Å². The minimum Gasteiger partial charge on any atom is -0.491 e. The molecule has 3 rings (SSSR count). The van der Waals surface area contributed by atoms with Gasteiger partial charge in [0.2, 0.25) is 5.91 Å². The smallest absolute Gasteiger partial charge is 0.226 e. The molecule has 2 aromatic rings. The van der Waals surface area contributed by atoms with Crippen molar-refractivity contribution in [2.75, 3.05) is 6.61 Å². The summed E-state index contributed by atoms with van der Waals surface area (Å²) in [5, 5.41) is 11.9. The lowest BCUT2D eigenvalue weighted by atomic mass is 9.84. The van der Waals surface area contributed by atoms with Gasteiger partial charge in [-0.3, -0.25) is 4.79 Å². The molecule has 0 bridgehead atoms. The molecular formula is C22H22N2O2. The van der Waals surface area contributed by atoms with Crippen molar-refractivity contribution in [3.8, 4) is 22.9 Å². The number of allylic oxidation sites excluding steroid dienone is 1. The maximum atomic E-state index is 12.1. The molecule has 2 aromatic carbocycles. The van der Waals surface area contributed by atoms with Crippen LogP contribution in [0.3, 0.4) is 0 Å². The molecular weight excluding hydrogens is 324 g/mol. The van der Waals surface area contributed by atoms with Crippen LogP contribution in [0.25, 0.3) is 11.1 Å². The maximum Gasteiger partial charge on any atom is 0.226 e. The van der Waals surface area contributed by atoms with Crippen molar-refractivity contribution < 1.29 is 9.53 Å².